The highest BCUT2D eigenvalue weighted by molar-refractivity contribution is 6.31. The highest BCUT2D eigenvalue weighted by Gasteiger charge is 2.28. The summed E-state index contributed by atoms with van der Waals surface area (Å²) < 4.78 is 13.2. The van der Waals surface area contributed by atoms with Crippen molar-refractivity contribution in [3.8, 4) is 0 Å². The predicted molar refractivity (Wildman–Crippen MR) is 60.8 cm³/mol. The Bertz CT molecular complexity index is 353. The Balaban J connectivity index is 2.31. The number of halogens is 2. The molecule has 1 aromatic rings. The van der Waals surface area contributed by atoms with Crippen molar-refractivity contribution >= 4 is 11.6 Å². The zero-order valence-electron chi connectivity index (χ0n) is 8.76. The molecule has 3 heteroatoms. The monoisotopic (exact) mass is 227 g/mol. The van der Waals surface area contributed by atoms with Crippen molar-refractivity contribution in [1.29, 1.82) is 0 Å². The summed E-state index contributed by atoms with van der Waals surface area (Å²) in [6.07, 6.45) is 3.42. The molecule has 1 nitrogen and oxygen atoms in total. The first kappa shape index (κ1) is 10.9. The van der Waals surface area contributed by atoms with E-state index in [1.807, 2.05) is 7.05 Å². The second kappa shape index (κ2) is 4.50. The molecule has 2 unspecified atom stereocenters. The van der Waals surface area contributed by atoms with Crippen LogP contribution in [0.25, 0.3) is 0 Å². The Labute approximate surface area is 94.6 Å². The molecular weight excluding hydrogens is 213 g/mol. The van der Waals surface area contributed by atoms with E-state index in [1.54, 1.807) is 12.1 Å². The second-order valence-electron chi connectivity index (χ2n) is 4.10. The normalized spacial score (nSPS) is 25.8. The molecule has 15 heavy (non-hydrogen) atoms. The number of rotatable bonds is 2. The maximum Gasteiger partial charge on any atom is 0.123 e. The van der Waals surface area contributed by atoms with E-state index < -0.39 is 0 Å². The fourth-order valence-corrected chi connectivity index (χ4v) is 2.73. The molecule has 0 heterocycles. The van der Waals surface area contributed by atoms with Crippen LogP contribution in [0.3, 0.4) is 0 Å². The van der Waals surface area contributed by atoms with Gasteiger partial charge in [-0.05, 0) is 43.7 Å². The fraction of sp³-hybridized carbons (Fsp3) is 0.500. The van der Waals surface area contributed by atoms with E-state index in [9.17, 15) is 4.39 Å². The topological polar surface area (TPSA) is 12.0 Å². The number of hydrogen-bond acceptors (Lipinski definition) is 1. The SMILES string of the molecule is CNC1CCCC1c1cc(F)ccc1Cl. The van der Waals surface area contributed by atoms with Gasteiger partial charge < -0.3 is 5.32 Å². The summed E-state index contributed by atoms with van der Waals surface area (Å²) in [6, 6.07) is 5.07. The van der Waals surface area contributed by atoms with Crippen molar-refractivity contribution in [1.82, 2.24) is 5.32 Å². The standard InChI is InChI=1S/C12H15ClFN/c1-15-12-4-2-3-9(12)10-7-8(14)5-6-11(10)13/h5-7,9,12,15H,2-4H2,1H3. The van der Waals surface area contributed by atoms with Crippen molar-refractivity contribution in [3.63, 3.8) is 0 Å². The lowest BCUT2D eigenvalue weighted by molar-refractivity contribution is 0.519. The van der Waals surface area contributed by atoms with E-state index in [0.29, 0.717) is 17.0 Å². The van der Waals surface area contributed by atoms with Crippen LogP contribution in [0.2, 0.25) is 5.02 Å². The van der Waals surface area contributed by atoms with Crippen LogP contribution in [0.5, 0.6) is 0 Å². The van der Waals surface area contributed by atoms with Gasteiger partial charge in [0.2, 0.25) is 0 Å². The van der Waals surface area contributed by atoms with Gasteiger partial charge in [0.15, 0.2) is 0 Å². The quantitative estimate of drug-likeness (QED) is 0.817. The molecule has 2 rings (SSSR count). The van der Waals surface area contributed by atoms with Crippen molar-refractivity contribution in [3.05, 3.63) is 34.6 Å². The zero-order valence-corrected chi connectivity index (χ0v) is 9.52. The van der Waals surface area contributed by atoms with Gasteiger partial charge in [-0.1, -0.05) is 18.0 Å². The summed E-state index contributed by atoms with van der Waals surface area (Å²) in [6.45, 7) is 0. The van der Waals surface area contributed by atoms with Crippen molar-refractivity contribution in [2.45, 2.75) is 31.2 Å². The van der Waals surface area contributed by atoms with Crippen LogP contribution in [-0.4, -0.2) is 13.1 Å². The minimum absolute atomic E-state index is 0.198. The Morgan fingerprint density at radius 1 is 1.40 bits per heavy atom. The summed E-state index contributed by atoms with van der Waals surface area (Å²) >= 11 is 6.10. The lowest BCUT2D eigenvalue weighted by Gasteiger charge is -2.20. The highest BCUT2D eigenvalue weighted by atomic mass is 35.5. The third-order valence-corrected chi connectivity index (χ3v) is 3.59. The van der Waals surface area contributed by atoms with Crippen LogP contribution in [0.15, 0.2) is 18.2 Å². The first-order chi connectivity index (χ1) is 7.22. The molecule has 0 saturated heterocycles. The van der Waals surface area contributed by atoms with Gasteiger partial charge in [0, 0.05) is 17.0 Å². The summed E-state index contributed by atoms with van der Waals surface area (Å²) in [5.41, 5.74) is 0.952. The summed E-state index contributed by atoms with van der Waals surface area (Å²) in [5.74, 6) is 0.161. The third kappa shape index (κ3) is 2.16. The molecule has 0 radical (unpaired) electrons. The maximum absolute atomic E-state index is 13.2. The number of hydrogen-bond donors (Lipinski definition) is 1. The molecule has 2 atom stereocenters. The number of likely N-dealkylation sites (N-methyl/N-ethyl adjacent to an activating group) is 1. The van der Waals surface area contributed by atoms with E-state index in [0.717, 1.165) is 18.4 Å². The largest absolute Gasteiger partial charge is 0.316 e. The van der Waals surface area contributed by atoms with Gasteiger partial charge in [-0.3, -0.25) is 0 Å². The molecule has 1 N–H and O–H groups in total. The van der Waals surface area contributed by atoms with E-state index in [1.165, 1.54) is 12.5 Å². The molecule has 0 amide bonds. The van der Waals surface area contributed by atoms with Gasteiger partial charge in [0.05, 0.1) is 0 Å². The lowest BCUT2D eigenvalue weighted by atomic mass is 9.94. The number of nitrogens with one attached hydrogen (secondary N) is 1. The number of benzene rings is 1. The Kier molecular flexibility index (Phi) is 3.27. The maximum atomic E-state index is 13.2. The van der Waals surface area contributed by atoms with Gasteiger partial charge in [-0.25, -0.2) is 4.39 Å². The van der Waals surface area contributed by atoms with E-state index >= 15 is 0 Å². The molecular formula is C12H15ClFN. The molecule has 0 spiro atoms. The van der Waals surface area contributed by atoms with Crippen LogP contribution in [0, 0.1) is 5.82 Å². The third-order valence-electron chi connectivity index (χ3n) is 3.24. The molecule has 82 valence electrons. The van der Waals surface area contributed by atoms with E-state index in [4.69, 9.17) is 11.6 Å². The van der Waals surface area contributed by atoms with Gasteiger partial charge >= 0.3 is 0 Å². The van der Waals surface area contributed by atoms with E-state index in [-0.39, 0.29) is 5.82 Å². The van der Waals surface area contributed by atoms with Gasteiger partial charge in [-0.15, -0.1) is 0 Å². The zero-order chi connectivity index (χ0) is 10.8. The summed E-state index contributed by atoms with van der Waals surface area (Å²) in [7, 11) is 1.95. The first-order valence-electron chi connectivity index (χ1n) is 5.34. The first-order valence-corrected chi connectivity index (χ1v) is 5.72. The van der Waals surface area contributed by atoms with Crippen LogP contribution < -0.4 is 5.32 Å². The molecule has 1 aliphatic rings. The molecule has 1 aromatic carbocycles. The van der Waals surface area contributed by atoms with Gasteiger partial charge in [0.25, 0.3) is 0 Å². The smallest absolute Gasteiger partial charge is 0.123 e. The molecule has 0 aromatic heterocycles. The molecule has 0 aliphatic heterocycles. The van der Waals surface area contributed by atoms with Crippen molar-refractivity contribution in [2.75, 3.05) is 7.05 Å². The van der Waals surface area contributed by atoms with E-state index in [2.05, 4.69) is 5.32 Å². The van der Waals surface area contributed by atoms with Crippen LogP contribution in [0.1, 0.15) is 30.7 Å². The summed E-state index contributed by atoms with van der Waals surface area (Å²) in [5, 5.41) is 3.96. The predicted octanol–water partition coefficient (Wildman–Crippen LogP) is 3.33. The molecule has 1 aliphatic carbocycles. The Morgan fingerprint density at radius 3 is 2.93 bits per heavy atom. The lowest BCUT2D eigenvalue weighted by Crippen LogP contribution is -2.27. The minimum atomic E-state index is -0.198. The average Bonchev–Trinajstić information content (AvgIpc) is 2.69. The van der Waals surface area contributed by atoms with Crippen molar-refractivity contribution in [2.24, 2.45) is 0 Å². The van der Waals surface area contributed by atoms with Gasteiger partial charge in [0.1, 0.15) is 5.82 Å². The second-order valence-corrected chi connectivity index (χ2v) is 4.51. The highest BCUT2D eigenvalue weighted by Crippen LogP contribution is 2.37. The van der Waals surface area contributed by atoms with Gasteiger partial charge in [-0.2, -0.15) is 0 Å². The van der Waals surface area contributed by atoms with Crippen LogP contribution >= 0.6 is 11.6 Å². The van der Waals surface area contributed by atoms with Crippen LogP contribution in [-0.2, 0) is 0 Å². The molecule has 1 saturated carbocycles. The Hall–Kier alpha value is -0.600. The fourth-order valence-electron chi connectivity index (χ4n) is 2.48. The Morgan fingerprint density at radius 2 is 2.20 bits per heavy atom. The minimum Gasteiger partial charge on any atom is -0.316 e. The van der Waals surface area contributed by atoms with Crippen LogP contribution in [0.4, 0.5) is 4.39 Å². The summed E-state index contributed by atoms with van der Waals surface area (Å²) in [4.78, 5) is 0. The van der Waals surface area contributed by atoms with Crippen molar-refractivity contribution < 1.29 is 4.39 Å². The molecule has 0 bridgehead atoms. The molecule has 1 fully saturated rings. The average molecular weight is 228 g/mol.